The van der Waals surface area contributed by atoms with Gasteiger partial charge in [0, 0.05) is 0 Å². The molecule has 0 heterocycles. The molecule has 0 rings (SSSR count). The maximum atomic E-state index is 7.33. The van der Waals surface area contributed by atoms with Gasteiger partial charge in [-0.05, 0) is 0 Å². The molecule has 7 heavy (non-hydrogen) atoms. The molecule has 0 aliphatic rings. The standard InChI is InChI=1S/Li.H4O4Si.Sr.3H/c;1-5(2,3)4;;;;/h;1-4H;;;;. The summed E-state index contributed by atoms with van der Waals surface area (Å²) in [6.45, 7) is 0. The van der Waals surface area contributed by atoms with Gasteiger partial charge in [-0.3, -0.25) is 0 Å². The van der Waals surface area contributed by atoms with Crippen molar-refractivity contribution in [2.24, 2.45) is 0 Å². The summed E-state index contributed by atoms with van der Waals surface area (Å²) < 4.78 is 0. The first kappa shape index (κ1) is 16.1. The molecule has 4 nitrogen and oxygen atoms in total. The van der Waals surface area contributed by atoms with Crippen LogP contribution in [-0.2, 0) is 0 Å². The Kier molecular flexibility index (Phi) is 14.4. The quantitative estimate of drug-likeness (QED) is 0.295. The predicted octanol–water partition coefficient (Wildman–Crippen LogP) is -4.17. The molecule has 0 bridgehead atoms. The van der Waals surface area contributed by atoms with Crippen LogP contribution in [-0.4, -0.2) is 92.6 Å². The van der Waals surface area contributed by atoms with Gasteiger partial charge in [0.05, 0.1) is 0 Å². The SMILES string of the molecule is O[Si](O)(O)O.[LiH].[SrH2]. The van der Waals surface area contributed by atoms with Crippen molar-refractivity contribution < 1.29 is 19.2 Å². The summed E-state index contributed by atoms with van der Waals surface area (Å²) in [4.78, 5) is 29.3. The molecule has 0 fully saturated rings. The Labute approximate surface area is 91.1 Å². The number of hydrogen-bond donors (Lipinski definition) is 4. The Bertz CT molecular complexity index is 27.2. The molecular formula is H7LiO4SiSr. The minimum absolute atomic E-state index is 0. The van der Waals surface area contributed by atoms with Gasteiger partial charge in [0.1, 0.15) is 0 Å². The molecule has 0 aliphatic carbocycles. The van der Waals surface area contributed by atoms with E-state index in [0.29, 0.717) is 0 Å². The minimum atomic E-state index is -4.61. The van der Waals surface area contributed by atoms with Crippen molar-refractivity contribution in [2.45, 2.75) is 0 Å². The molecule has 7 heteroatoms. The Morgan fingerprint density at radius 2 is 0.857 bits per heavy atom. The van der Waals surface area contributed by atoms with Crippen LogP contribution in [0.15, 0.2) is 0 Å². The van der Waals surface area contributed by atoms with Crippen molar-refractivity contribution >= 4 is 73.4 Å². The molecule has 0 radical (unpaired) electrons. The van der Waals surface area contributed by atoms with E-state index >= 15 is 0 Å². The van der Waals surface area contributed by atoms with E-state index < -0.39 is 9.05 Å². The summed E-state index contributed by atoms with van der Waals surface area (Å²) in [6, 6.07) is 0. The van der Waals surface area contributed by atoms with Crippen LogP contribution in [0.4, 0.5) is 0 Å². The van der Waals surface area contributed by atoms with Crippen molar-refractivity contribution in [1.82, 2.24) is 0 Å². The third-order valence-corrected chi connectivity index (χ3v) is 0. The van der Waals surface area contributed by atoms with Crippen LogP contribution in [0.25, 0.3) is 0 Å². The monoisotopic (exact) mass is 194 g/mol. The van der Waals surface area contributed by atoms with Gasteiger partial charge in [-0.2, -0.15) is 0 Å². The average molecular weight is 194 g/mol. The van der Waals surface area contributed by atoms with E-state index in [1.807, 2.05) is 0 Å². The van der Waals surface area contributed by atoms with Gasteiger partial charge in [-0.15, -0.1) is 0 Å². The van der Waals surface area contributed by atoms with Gasteiger partial charge in [0.15, 0.2) is 0 Å². The zero-order chi connectivity index (χ0) is 4.50. The molecule has 0 aromatic heterocycles. The van der Waals surface area contributed by atoms with E-state index in [1.165, 1.54) is 0 Å². The fourth-order valence-electron chi connectivity index (χ4n) is 0. The molecule has 0 aliphatic heterocycles. The van der Waals surface area contributed by atoms with Crippen molar-refractivity contribution in [2.75, 3.05) is 0 Å². The van der Waals surface area contributed by atoms with Crippen molar-refractivity contribution in [3.63, 3.8) is 0 Å². The van der Waals surface area contributed by atoms with Crippen molar-refractivity contribution in [3.8, 4) is 0 Å². The molecule has 4 N–H and O–H groups in total. The van der Waals surface area contributed by atoms with Crippen molar-refractivity contribution in [3.05, 3.63) is 0 Å². The van der Waals surface area contributed by atoms with Gasteiger partial charge in [0.25, 0.3) is 0 Å². The van der Waals surface area contributed by atoms with Gasteiger partial charge >= 0.3 is 73.4 Å². The Morgan fingerprint density at radius 3 is 0.857 bits per heavy atom. The normalized spacial score (nSPS) is 8.57. The fourth-order valence-corrected chi connectivity index (χ4v) is 0. The summed E-state index contributed by atoms with van der Waals surface area (Å²) >= 11 is 0. The number of rotatable bonds is 0. The fraction of sp³-hybridized carbons (Fsp3) is 0. The van der Waals surface area contributed by atoms with Crippen LogP contribution in [0.1, 0.15) is 0 Å². The molecular weight excluding hydrogens is 187 g/mol. The van der Waals surface area contributed by atoms with E-state index in [9.17, 15) is 0 Å². The Morgan fingerprint density at radius 1 is 0.857 bits per heavy atom. The molecule has 0 saturated carbocycles. The second-order valence-corrected chi connectivity index (χ2v) is 1.80. The second kappa shape index (κ2) is 6.26. The summed E-state index contributed by atoms with van der Waals surface area (Å²) in [6.07, 6.45) is 0. The molecule has 0 amide bonds. The van der Waals surface area contributed by atoms with Gasteiger partial charge in [-0.25, -0.2) is 0 Å². The first-order valence-electron chi connectivity index (χ1n) is 0.894. The van der Waals surface area contributed by atoms with E-state index in [1.54, 1.807) is 0 Å². The molecule has 0 saturated heterocycles. The topological polar surface area (TPSA) is 80.9 Å². The van der Waals surface area contributed by atoms with Crippen LogP contribution in [0.5, 0.6) is 0 Å². The van der Waals surface area contributed by atoms with Crippen LogP contribution in [0, 0.1) is 0 Å². The molecule has 0 spiro atoms. The van der Waals surface area contributed by atoms with E-state index in [0.717, 1.165) is 0 Å². The Balaban J connectivity index is -0.0000000800. The third-order valence-electron chi connectivity index (χ3n) is 0. The van der Waals surface area contributed by atoms with Crippen LogP contribution in [0.3, 0.4) is 0 Å². The van der Waals surface area contributed by atoms with Crippen LogP contribution >= 0.6 is 0 Å². The molecule has 0 aromatic carbocycles. The zero-order valence-electron chi connectivity index (χ0n) is 2.29. The third kappa shape index (κ3) is 67.2. The molecule has 38 valence electrons. The zero-order valence-corrected chi connectivity index (χ0v) is 3.29. The number of hydrogen-bond acceptors (Lipinski definition) is 4. The van der Waals surface area contributed by atoms with Crippen LogP contribution < -0.4 is 0 Å². The van der Waals surface area contributed by atoms with Gasteiger partial charge in [-0.1, -0.05) is 0 Å². The van der Waals surface area contributed by atoms with Crippen LogP contribution in [0.2, 0.25) is 0 Å². The predicted molar refractivity (Wildman–Crippen MR) is 30.3 cm³/mol. The summed E-state index contributed by atoms with van der Waals surface area (Å²) in [7, 11) is -4.61. The molecule has 0 unspecified atom stereocenters. The summed E-state index contributed by atoms with van der Waals surface area (Å²) in [5, 5.41) is 0. The Hall–Kier alpha value is 2.13. The van der Waals surface area contributed by atoms with Crippen molar-refractivity contribution in [1.29, 1.82) is 0 Å². The molecule has 0 atom stereocenters. The average Bonchev–Trinajstić information content (AvgIpc) is 0.722. The van der Waals surface area contributed by atoms with Gasteiger partial charge in [0.2, 0.25) is 0 Å². The maximum absolute atomic E-state index is 7.33. The van der Waals surface area contributed by atoms with E-state index in [4.69, 9.17) is 19.2 Å². The summed E-state index contributed by atoms with van der Waals surface area (Å²) in [5.41, 5.74) is 0. The first-order chi connectivity index (χ1) is 2.00. The first-order valence-corrected chi connectivity index (χ1v) is 2.68. The van der Waals surface area contributed by atoms with Gasteiger partial charge < -0.3 is 19.2 Å². The van der Waals surface area contributed by atoms with E-state index in [2.05, 4.69) is 0 Å². The molecule has 0 aromatic rings. The summed E-state index contributed by atoms with van der Waals surface area (Å²) in [5.74, 6) is 0. The van der Waals surface area contributed by atoms with E-state index in [-0.39, 0.29) is 64.3 Å². The second-order valence-electron chi connectivity index (χ2n) is 0.600.